The molecule has 20 heavy (non-hydrogen) atoms. The van der Waals surface area contributed by atoms with E-state index in [1.807, 2.05) is 0 Å². The molecule has 1 saturated carbocycles. The van der Waals surface area contributed by atoms with E-state index in [9.17, 15) is 22.7 Å². The second-order valence-corrected chi connectivity index (χ2v) is 5.18. The summed E-state index contributed by atoms with van der Waals surface area (Å²) in [5.74, 6) is -1.36. The first kappa shape index (κ1) is 15.3. The van der Waals surface area contributed by atoms with E-state index >= 15 is 0 Å². The summed E-state index contributed by atoms with van der Waals surface area (Å²) in [5.41, 5.74) is -2.47. The fourth-order valence-corrected chi connectivity index (χ4v) is 2.70. The molecule has 0 bridgehead atoms. The first-order valence-corrected chi connectivity index (χ1v) is 6.39. The molecule has 6 heteroatoms. The van der Waals surface area contributed by atoms with Crippen molar-refractivity contribution in [2.75, 3.05) is 7.11 Å². The number of alkyl halides is 3. The van der Waals surface area contributed by atoms with Gasteiger partial charge in [-0.05, 0) is 37.0 Å². The molecule has 0 aromatic heterocycles. The largest absolute Gasteiger partial charge is 0.419 e. The van der Waals surface area contributed by atoms with Crippen molar-refractivity contribution in [3.8, 4) is 0 Å². The van der Waals surface area contributed by atoms with Crippen LogP contribution in [0.4, 0.5) is 17.6 Å². The van der Waals surface area contributed by atoms with Crippen molar-refractivity contribution in [1.82, 2.24) is 0 Å². The van der Waals surface area contributed by atoms with E-state index < -0.39 is 23.2 Å². The van der Waals surface area contributed by atoms with Crippen LogP contribution in [0, 0.1) is 5.82 Å². The van der Waals surface area contributed by atoms with E-state index in [4.69, 9.17) is 4.74 Å². The lowest BCUT2D eigenvalue weighted by molar-refractivity contribution is -0.140. The Morgan fingerprint density at radius 2 is 2.05 bits per heavy atom. The summed E-state index contributed by atoms with van der Waals surface area (Å²) in [5, 5.41) is 10.5. The highest BCUT2D eigenvalue weighted by atomic mass is 19.4. The Bertz CT molecular complexity index is 487. The Balaban J connectivity index is 2.31. The molecule has 1 aliphatic rings. The highest BCUT2D eigenvalue weighted by Gasteiger charge is 2.39. The van der Waals surface area contributed by atoms with Crippen LogP contribution in [0.3, 0.4) is 0 Å². The van der Waals surface area contributed by atoms with Gasteiger partial charge in [-0.1, -0.05) is 6.07 Å². The monoisotopic (exact) mass is 292 g/mol. The summed E-state index contributed by atoms with van der Waals surface area (Å²) in [6.07, 6.45) is -2.79. The van der Waals surface area contributed by atoms with Gasteiger partial charge in [0.2, 0.25) is 0 Å². The highest BCUT2D eigenvalue weighted by Crippen LogP contribution is 2.40. The van der Waals surface area contributed by atoms with E-state index in [0.29, 0.717) is 18.9 Å². The minimum atomic E-state index is -4.73. The molecule has 1 aromatic rings. The minimum absolute atomic E-state index is 0.167. The average molecular weight is 292 g/mol. The molecule has 0 heterocycles. The average Bonchev–Trinajstić information content (AvgIpc) is 2.37. The van der Waals surface area contributed by atoms with Crippen LogP contribution in [0.2, 0.25) is 0 Å². The molecule has 0 amide bonds. The van der Waals surface area contributed by atoms with E-state index in [-0.39, 0.29) is 18.1 Å². The van der Waals surface area contributed by atoms with Gasteiger partial charge in [-0.25, -0.2) is 4.39 Å². The molecule has 2 nitrogen and oxygen atoms in total. The molecule has 0 spiro atoms. The maximum atomic E-state index is 13.6. The van der Waals surface area contributed by atoms with Crippen molar-refractivity contribution in [1.29, 1.82) is 0 Å². The smallest absolute Gasteiger partial charge is 0.385 e. The molecule has 2 atom stereocenters. The summed E-state index contributed by atoms with van der Waals surface area (Å²) in [6.45, 7) is 0. The molecule has 1 aliphatic carbocycles. The predicted octanol–water partition coefficient (Wildman–Crippen LogP) is 3.62. The molecule has 112 valence electrons. The van der Waals surface area contributed by atoms with Crippen molar-refractivity contribution < 1.29 is 27.4 Å². The van der Waals surface area contributed by atoms with Crippen LogP contribution >= 0.6 is 0 Å². The van der Waals surface area contributed by atoms with Crippen LogP contribution in [-0.4, -0.2) is 18.3 Å². The maximum absolute atomic E-state index is 13.6. The van der Waals surface area contributed by atoms with Crippen molar-refractivity contribution in [3.63, 3.8) is 0 Å². The molecule has 2 unspecified atom stereocenters. The number of hydrogen-bond acceptors (Lipinski definition) is 2. The number of ether oxygens (including phenoxy) is 1. The number of rotatable bonds is 2. The molecular formula is C14H16F4O2. The predicted molar refractivity (Wildman–Crippen MR) is 64.6 cm³/mol. The van der Waals surface area contributed by atoms with Crippen LogP contribution in [0.1, 0.15) is 36.8 Å². The quantitative estimate of drug-likeness (QED) is 0.844. The van der Waals surface area contributed by atoms with Gasteiger partial charge in [0, 0.05) is 13.5 Å². The highest BCUT2D eigenvalue weighted by molar-refractivity contribution is 5.30. The van der Waals surface area contributed by atoms with Crippen LogP contribution in [0.5, 0.6) is 0 Å². The fourth-order valence-electron chi connectivity index (χ4n) is 2.70. The zero-order chi connectivity index (χ0) is 15.0. The van der Waals surface area contributed by atoms with Crippen molar-refractivity contribution >= 4 is 0 Å². The van der Waals surface area contributed by atoms with Crippen molar-refractivity contribution in [2.24, 2.45) is 0 Å². The fraction of sp³-hybridized carbons (Fsp3) is 0.571. The standard InChI is InChI=1S/C14H16F4O2/c1-20-10-3-2-6-13(19,8-10)9-4-5-11(12(15)7-9)14(16,17)18/h4-5,7,10,19H,2-3,6,8H2,1H3. The first-order valence-electron chi connectivity index (χ1n) is 6.39. The summed E-state index contributed by atoms with van der Waals surface area (Å²) < 4.78 is 56.3. The molecule has 1 aromatic carbocycles. The first-order chi connectivity index (χ1) is 9.26. The maximum Gasteiger partial charge on any atom is 0.419 e. The van der Waals surface area contributed by atoms with Gasteiger partial charge >= 0.3 is 6.18 Å². The Kier molecular flexibility index (Phi) is 4.07. The summed E-state index contributed by atoms with van der Waals surface area (Å²) >= 11 is 0. The Labute approximate surface area is 114 Å². The summed E-state index contributed by atoms with van der Waals surface area (Å²) in [7, 11) is 1.52. The Morgan fingerprint density at radius 3 is 2.60 bits per heavy atom. The number of methoxy groups -OCH3 is 1. The lowest BCUT2D eigenvalue weighted by Crippen LogP contribution is -2.36. The van der Waals surface area contributed by atoms with Gasteiger partial charge in [-0.15, -0.1) is 0 Å². The van der Waals surface area contributed by atoms with Gasteiger partial charge in [-0.2, -0.15) is 13.2 Å². The summed E-state index contributed by atoms with van der Waals surface area (Å²) in [6, 6.07) is 2.60. The van der Waals surface area contributed by atoms with E-state index in [2.05, 4.69) is 0 Å². The van der Waals surface area contributed by atoms with Crippen molar-refractivity contribution in [3.05, 3.63) is 35.1 Å². The van der Waals surface area contributed by atoms with Gasteiger partial charge < -0.3 is 9.84 Å². The van der Waals surface area contributed by atoms with Crippen LogP contribution in [0.25, 0.3) is 0 Å². The van der Waals surface area contributed by atoms with Crippen LogP contribution in [0.15, 0.2) is 18.2 Å². The molecule has 0 saturated heterocycles. The second kappa shape index (κ2) is 5.33. The van der Waals surface area contributed by atoms with Gasteiger partial charge in [0.05, 0.1) is 17.3 Å². The molecule has 2 rings (SSSR count). The Hall–Kier alpha value is -1.14. The van der Waals surface area contributed by atoms with Gasteiger partial charge in [0.1, 0.15) is 5.82 Å². The van der Waals surface area contributed by atoms with Gasteiger partial charge in [-0.3, -0.25) is 0 Å². The third kappa shape index (κ3) is 2.96. The van der Waals surface area contributed by atoms with Crippen LogP contribution in [-0.2, 0) is 16.5 Å². The third-order valence-electron chi connectivity index (χ3n) is 3.83. The molecule has 1 N–H and O–H groups in total. The zero-order valence-corrected chi connectivity index (χ0v) is 11.0. The molecule has 0 radical (unpaired) electrons. The van der Waals surface area contributed by atoms with Gasteiger partial charge in [0.15, 0.2) is 0 Å². The number of hydrogen-bond donors (Lipinski definition) is 1. The lowest BCUT2D eigenvalue weighted by Gasteiger charge is -2.36. The normalized spacial score (nSPS) is 27.6. The van der Waals surface area contributed by atoms with Crippen LogP contribution < -0.4 is 0 Å². The second-order valence-electron chi connectivity index (χ2n) is 5.18. The zero-order valence-electron chi connectivity index (χ0n) is 11.0. The number of benzene rings is 1. The lowest BCUT2D eigenvalue weighted by atomic mass is 9.78. The number of aliphatic hydroxyl groups is 1. The topological polar surface area (TPSA) is 29.5 Å². The van der Waals surface area contributed by atoms with E-state index in [1.54, 1.807) is 0 Å². The van der Waals surface area contributed by atoms with E-state index in [1.165, 1.54) is 7.11 Å². The molecule has 0 aliphatic heterocycles. The SMILES string of the molecule is COC1CCCC(O)(c2ccc(C(F)(F)F)c(F)c2)C1. The molecular weight excluding hydrogens is 276 g/mol. The third-order valence-corrected chi connectivity index (χ3v) is 3.83. The van der Waals surface area contributed by atoms with E-state index in [0.717, 1.165) is 18.6 Å². The number of halogens is 4. The molecule has 1 fully saturated rings. The van der Waals surface area contributed by atoms with Gasteiger partial charge in [0.25, 0.3) is 0 Å². The Morgan fingerprint density at radius 1 is 1.35 bits per heavy atom. The minimum Gasteiger partial charge on any atom is -0.385 e. The van der Waals surface area contributed by atoms with Crippen molar-refractivity contribution in [2.45, 2.75) is 43.6 Å². The summed E-state index contributed by atoms with van der Waals surface area (Å²) in [4.78, 5) is 0.